The van der Waals surface area contributed by atoms with Crippen LogP contribution >= 0.6 is 11.8 Å². The summed E-state index contributed by atoms with van der Waals surface area (Å²) in [5, 5.41) is 9.23. The van der Waals surface area contributed by atoms with Gasteiger partial charge in [0.2, 0.25) is 11.8 Å². The van der Waals surface area contributed by atoms with Gasteiger partial charge in [0.1, 0.15) is 0 Å². The summed E-state index contributed by atoms with van der Waals surface area (Å²) in [4.78, 5) is 51.1. The third-order valence-electron chi connectivity index (χ3n) is 5.12. The molecule has 1 N–H and O–H groups in total. The van der Waals surface area contributed by atoms with Crippen molar-refractivity contribution in [3.8, 4) is 0 Å². The van der Waals surface area contributed by atoms with E-state index in [2.05, 4.69) is 0 Å². The number of thioether (sulfide) groups is 1. The minimum Gasteiger partial charge on any atom is -0.478 e. The number of carbonyl (C=O) groups excluding carboxylic acids is 3. The molecule has 0 aromatic rings. The van der Waals surface area contributed by atoms with Crippen LogP contribution in [0, 0.1) is 0 Å². The lowest BCUT2D eigenvalue weighted by Gasteiger charge is -2.27. The number of unbranched alkanes of at least 4 members (excludes halogenated alkanes) is 1. The van der Waals surface area contributed by atoms with Crippen LogP contribution in [-0.2, 0) is 19.1 Å². The molecule has 1 unspecified atom stereocenters. The van der Waals surface area contributed by atoms with Crippen molar-refractivity contribution in [3.05, 3.63) is 11.3 Å². The lowest BCUT2D eigenvalue weighted by molar-refractivity contribution is -0.133. The summed E-state index contributed by atoms with van der Waals surface area (Å²) in [6.07, 6.45) is 4.92. The maximum Gasteiger partial charge on any atom is 0.420 e. The van der Waals surface area contributed by atoms with Crippen LogP contribution in [0.2, 0.25) is 0 Å². The van der Waals surface area contributed by atoms with Gasteiger partial charge < -0.3 is 14.7 Å². The topological polar surface area (TPSA) is 104 Å². The predicted octanol–water partition coefficient (Wildman–Crippen LogP) is 3.02. The molecule has 0 aliphatic carbocycles. The fraction of sp³-hybridized carbons (Fsp3) is 0.700. The van der Waals surface area contributed by atoms with Crippen molar-refractivity contribution in [1.29, 1.82) is 0 Å². The lowest BCUT2D eigenvalue weighted by atomic mass is 10.0. The van der Waals surface area contributed by atoms with E-state index in [1.165, 1.54) is 25.1 Å². The van der Waals surface area contributed by atoms with Crippen molar-refractivity contribution >= 4 is 35.6 Å². The Kier molecular flexibility index (Phi) is 9.00. The predicted molar refractivity (Wildman–Crippen MR) is 109 cm³/mol. The maximum atomic E-state index is 12.3. The molecule has 0 aromatic heterocycles. The number of piperidine rings is 1. The van der Waals surface area contributed by atoms with E-state index in [9.17, 15) is 24.3 Å². The second-order valence-electron chi connectivity index (χ2n) is 7.21. The van der Waals surface area contributed by atoms with Gasteiger partial charge in [0.05, 0.1) is 17.9 Å². The number of hydrogen-bond acceptors (Lipinski definition) is 6. The highest BCUT2D eigenvalue weighted by Gasteiger charge is 2.38. The van der Waals surface area contributed by atoms with Gasteiger partial charge in [-0.1, -0.05) is 6.42 Å². The molecule has 0 bridgehead atoms. The summed E-state index contributed by atoms with van der Waals surface area (Å²) in [5.41, 5.74) is 0.281. The molecule has 0 spiro atoms. The molecule has 162 valence electrons. The molecule has 1 fully saturated rings. The Balaban J connectivity index is 1.99. The van der Waals surface area contributed by atoms with Crippen LogP contribution in [0.25, 0.3) is 0 Å². The zero-order chi connectivity index (χ0) is 21.4. The van der Waals surface area contributed by atoms with Crippen molar-refractivity contribution in [1.82, 2.24) is 9.80 Å². The molecule has 3 amide bonds. The normalized spacial score (nSPS) is 19.2. The maximum absolute atomic E-state index is 12.3. The number of aliphatic carboxylic acids is 1. The minimum absolute atomic E-state index is 0.0626. The Labute approximate surface area is 175 Å². The van der Waals surface area contributed by atoms with Crippen LogP contribution in [0.4, 0.5) is 4.79 Å². The monoisotopic (exact) mass is 426 g/mol. The first kappa shape index (κ1) is 23.3. The number of carbonyl (C=O) groups is 4. The summed E-state index contributed by atoms with van der Waals surface area (Å²) in [6.45, 7) is 4.61. The molecule has 0 aromatic carbocycles. The minimum atomic E-state index is -1.13. The van der Waals surface area contributed by atoms with Crippen LogP contribution in [0.5, 0.6) is 0 Å². The number of amides is 3. The summed E-state index contributed by atoms with van der Waals surface area (Å²) in [6, 6.07) is 0. The molecule has 1 saturated heterocycles. The molecular formula is C20H30N2O6S. The van der Waals surface area contributed by atoms with Gasteiger partial charge in [-0.25, -0.2) is 14.5 Å². The fourth-order valence-electron chi connectivity index (χ4n) is 3.69. The fourth-order valence-corrected chi connectivity index (χ4v) is 5.07. The molecule has 2 rings (SSSR count). The Morgan fingerprint density at radius 1 is 1.17 bits per heavy atom. The van der Waals surface area contributed by atoms with Crippen LogP contribution in [-0.4, -0.2) is 69.5 Å². The Bertz CT molecular complexity index is 672. The first-order valence-electron chi connectivity index (χ1n) is 10.2. The highest BCUT2D eigenvalue weighted by atomic mass is 32.2. The van der Waals surface area contributed by atoms with Gasteiger partial charge in [-0.05, 0) is 39.0 Å². The van der Waals surface area contributed by atoms with E-state index in [4.69, 9.17) is 4.74 Å². The molecule has 2 heterocycles. The Morgan fingerprint density at radius 3 is 2.45 bits per heavy atom. The average Bonchev–Trinajstić information content (AvgIpc) is 3.09. The van der Waals surface area contributed by atoms with Crippen molar-refractivity contribution in [2.75, 3.05) is 25.4 Å². The number of carboxylic acids is 1. The molecule has 2 aliphatic rings. The SMILES string of the molecule is CCOC(=O)N(C(C)=O)C1=C(C(=O)O)CSC1CCCCC(=O)N1CCCCC1. The Morgan fingerprint density at radius 2 is 1.86 bits per heavy atom. The van der Waals surface area contributed by atoms with Gasteiger partial charge in [-0.15, -0.1) is 11.8 Å². The highest BCUT2D eigenvalue weighted by Crippen LogP contribution is 2.38. The van der Waals surface area contributed by atoms with E-state index in [0.717, 1.165) is 30.8 Å². The largest absolute Gasteiger partial charge is 0.478 e. The number of carboxylic acid groups (broad SMARTS) is 1. The highest BCUT2D eigenvalue weighted by molar-refractivity contribution is 8.00. The number of nitrogens with zero attached hydrogens (tertiary/aromatic N) is 2. The summed E-state index contributed by atoms with van der Waals surface area (Å²) in [7, 11) is 0. The van der Waals surface area contributed by atoms with Gasteiger partial charge in [-0.3, -0.25) is 9.59 Å². The summed E-state index contributed by atoms with van der Waals surface area (Å²) in [5.74, 6) is -1.30. The van der Waals surface area contributed by atoms with E-state index >= 15 is 0 Å². The number of ether oxygens (including phenoxy) is 1. The molecular weight excluding hydrogens is 396 g/mol. The quantitative estimate of drug-likeness (QED) is 0.595. The van der Waals surface area contributed by atoms with E-state index < -0.39 is 18.0 Å². The Hall–Kier alpha value is -2.03. The lowest BCUT2D eigenvalue weighted by Crippen LogP contribution is -2.38. The number of hydrogen-bond donors (Lipinski definition) is 1. The second-order valence-corrected chi connectivity index (χ2v) is 8.40. The van der Waals surface area contributed by atoms with E-state index in [-0.39, 0.29) is 34.8 Å². The van der Waals surface area contributed by atoms with Gasteiger partial charge in [0, 0.05) is 37.4 Å². The molecule has 29 heavy (non-hydrogen) atoms. The molecule has 0 saturated carbocycles. The molecule has 9 heteroatoms. The van der Waals surface area contributed by atoms with Crippen molar-refractivity contribution in [3.63, 3.8) is 0 Å². The third-order valence-corrected chi connectivity index (χ3v) is 6.44. The molecule has 2 aliphatic heterocycles. The number of rotatable bonds is 8. The van der Waals surface area contributed by atoms with Crippen LogP contribution in [0.1, 0.15) is 58.8 Å². The van der Waals surface area contributed by atoms with E-state index in [1.807, 2.05) is 4.90 Å². The van der Waals surface area contributed by atoms with Gasteiger partial charge in [0.25, 0.3) is 0 Å². The molecule has 1 atom stereocenters. The van der Waals surface area contributed by atoms with Crippen molar-refractivity contribution in [2.24, 2.45) is 0 Å². The molecule has 0 radical (unpaired) electrons. The molecule has 8 nitrogen and oxygen atoms in total. The summed E-state index contributed by atoms with van der Waals surface area (Å²) < 4.78 is 4.96. The second kappa shape index (κ2) is 11.2. The van der Waals surface area contributed by atoms with Crippen molar-refractivity contribution in [2.45, 2.75) is 64.0 Å². The van der Waals surface area contributed by atoms with Gasteiger partial charge in [0.15, 0.2) is 0 Å². The average molecular weight is 427 g/mol. The standard InChI is InChI=1S/C20H30N2O6S/c1-3-28-20(27)22(14(2)23)18-15(19(25)26)13-29-16(18)9-5-6-10-17(24)21-11-7-4-8-12-21/h16H,3-13H2,1-2H3,(H,25,26). The van der Waals surface area contributed by atoms with Crippen LogP contribution in [0.3, 0.4) is 0 Å². The van der Waals surface area contributed by atoms with Gasteiger partial charge >= 0.3 is 12.1 Å². The number of imide groups is 1. The zero-order valence-electron chi connectivity index (χ0n) is 17.1. The van der Waals surface area contributed by atoms with Crippen molar-refractivity contribution < 1.29 is 29.0 Å². The smallest absolute Gasteiger partial charge is 0.420 e. The van der Waals surface area contributed by atoms with Crippen LogP contribution < -0.4 is 0 Å². The summed E-state index contributed by atoms with van der Waals surface area (Å²) >= 11 is 1.40. The first-order chi connectivity index (χ1) is 13.9. The van der Waals surface area contributed by atoms with E-state index in [0.29, 0.717) is 25.7 Å². The first-order valence-corrected chi connectivity index (χ1v) is 11.2. The van der Waals surface area contributed by atoms with E-state index in [1.54, 1.807) is 6.92 Å². The zero-order valence-corrected chi connectivity index (χ0v) is 18.0. The van der Waals surface area contributed by atoms with Gasteiger partial charge in [-0.2, -0.15) is 0 Å². The third kappa shape index (κ3) is 6.22. The number of likely N-dealkylation sites (tertiary alicyclic amines) is 1. The van der Waals surface area contributed by atoms with Crippen LogP contribution in [0.15, 0.2) is 11.3 Å².